The van der Waals surface area contributed by atoms with E-state index in [1.54, 1.807) is 0 Å². The molecule has 0 radical (unpaired) electrons. The lowest BCUT2D eigenvalue weighted by Crippen LogP contribution is -2.50. The Labute approximate surface area is 167 Å². The third-order valence-corrected chi connectivity index (χ3v) is 8.80. The van der Waals surface area contributed by atoms with Crippen molar-refractivity contribution >= 4 is 11.9 Å². The van der Waals surface area contributed by atoms with E-state index in [0.717, 1.165) is 62.0 Å². The van der Waals surface area contributed by atoms with Gasteiger partial charge < -0.3 is 9.52 Å². The van der Waals surface area contributed by atoms with Gasteiger partial charge in [0.05, 0.1) is 6.10 Å². The number of hydrogen-bond donors (Lipinski definition) is 1. The van der Waals surface area contributed by atoms with Gasteiger partial charge in [-0.3, -0.25) is 4.79 Å². The standard InChI is InChI=1S/C25H32O3/c1-15-4-6-19(28-15)12-16-13-22-20-7-5-17-14-18(26)8-10-24(17,2)21(20)9-11-25(22,3)23(16)27/h4-6,12,18,20-22,26H,7-11,13-14H2,1-3H3/b16-12-/t18-,20-,21-,22+,24-,25-/m1/s1. The maximum absolute atomic E-state index is 13.4. The van der Waals surface area contributed by atoms with Crippen molar-refractivity contribution < 1.29 is 14.3 Å². The van der Waals surface area contributed by atoms with Crippen LogP contribution in [-0.4, -0.2) is 17.0 Å². The molecular weight excluding hydrogens is 348 g/mol. The molecule has 0 saturated heterocycles. The number of furan rings is 1. The van der Waals surface area contributed by atoms with Gasteiger partial charge in [-0.25, -0.2) is 0 Å². The monoisotopic (exact) mass is 380 g/mol. The Morgan fingerprint density at radius 3 is 2.64 bits per heavy atom. The number of rotatable bonds is 1. The number of Topliss-reactive ketones (excluding diaryl/α,β-unsaturated/α-hetero) is 1. The quantitative estimate of drug-likeness (QED) is 0.519. The Kier molecular flexibility index (Phi) is 4.07. The number of fused-ring (bicyclic) bond motifs is 5. The molecule has 0 unspecified atom stereocenters. The van der Waals surface area contributed by atoms with Crippen molar-refractivity contribution in [3.8, 4) is 0 Å². The SMILES string of the molecule is Cc1ccc(/C=C2/C[C@H]3[C@@H]4CC=C5C[C@H](O)CC[C@@]5(C)[C@@H]4CC[C@@]3(C)C2=O)o1. The van der Waals surface area contributed by atoms with Crippen molar-refractivity contribution in [2.45, 2.75) is 71.8 Å². The number of allylic oxidation sites excluding steroid dienone is 2. The van der Waals surface area contributed by atoms with Crippen LogP contribution in [0.5, 0.6) is 0 Å². The van der Waals surface area contributed by atoms with Crippen LogP contribution >= 0.6 is 0 Å². The highest BCUT2D eigenvalue weighted by Gasteiger charge is 2.59. The highest BCUT2D eigenvalue weighted by atomic mass is 16.3. The van der Waals surface area contributed by atoms with Gasteiger partial charge in [-0.05, 0) is 98.8 Å². The number of aliphatic hydroxyl groups excluding tert-OH is 1. The maximum atomic E-state index is 13.4. The third kappa shape index (κ3) is 2.55. The predicted molar refractivity (Wildman–Crippen MR) is 110 cm³/mol. The van der Waals surface area contributed by atoms with Gasteiger partial charge in [0.1, 0.15) is 11.5 Å². The largest absolute Gasteiger partial charge is 0.462 e. The molecule has 0 amide bonds. The molecule has 3 nitrogen and oxygen atoms in total. The lowest BCUT2D eigenvalue weighted by molar-refractivity contribution is -0.130. The van der Waals surface area contributed by atoms with Crippen molar-refractivity contribution in [3.63, 3.8) is 0 Å². The molecule has 3 saturated carbocycles. The first-order chi connectivity index (χ1) is 13.3. The van der Waals surface area contributed by atoms with E-state index in [1.165, 1.54) is 5.57 Å². The van der Waals surface area contributed by atoms with Crippen molar-refractivity contribution in [1.82, 2.24) is 0 Å². The fourth-order valence-electron chi connectivity index (χ4n) is 7.14. The van der Waals surface area contributed by atoms with Crippen molar-refractivity contribution in [3.05, 3.63) is 40.9 Å². The zero-order valence-corrected chi connectivity index (χ0v) is 17.3. The highest BCUT2D eigenvalue weighted by Crippen LogP contribution is 2.64. The molecule has 3 fully saturated rings. The second kappa shape index (κ2) is 6.19. The summed E-state index contributed by atoms with van der Waals surface area (Å²) in [5.74, 6) is 3.70. The molecule has 0 spiro atoms. The predicted octanol–water partition coefficient (Wildman–Crippen LogP) is 5.47. The molecule has 1 N–H and O–H groups in total. The third-order valence-electron chi connectivity index (χ3n) is 8.80. The summed E-state index contributed by atoms with van der Waals surface area (Å²) in [6.45, 7) is 6.60. The fraction of sp³-hybridized carbons (Fsp3) is 0.640. The molecule has 3 heteroatoms. The minimum absolute atomic E-state index is 0.163. The summed E-state index contributed by atoms with van der Waals surface area (Å²) in [7, 11) is 0. The molecule has 28 heavy (non-hydrogen) atoms. The Morgan fingerprint density at radius 2 is 1.89 bits per heavy atom. The minimum atomic E-state index is -0.218. The molecule has 1 aromatic rings. The van der Waals surface area contributed by atoms with Gasteiger partial charge in [0.15, 0.2) is 5.78 Å². The van der Waals surface area contributed by atoms with Gasteiger partial charge in [0.2, 0.25) is 0 Å². The molecule has 1 aromatic heterocycles. The lowest BCUT2D eigenvalue weighted by Gasteiger charge is -2.56. The van der Waals surface area contributed by atoms with Crippen LogP contribution in [0.3, 0.4) is 0 Å². The van der Waals surface area contributed by atoms with Crippen molar-refractivity contribution in [2.75, 3.05) is 0 Å². The lowest BCUT2D eigenvalue weighted by atomic mass is 9.48. The summed E-state index contributed by atoms with van der Waals surface area (Å²) in [5.41, 5.74) is 2.45. The Bertz CT molecular complexity index is 874. The van der Waals surface area contributed by atoms with Gasteiger partial charge in [0.25, 0.3) is 0 Å². The van der Waals surface area contributed by atoms with E-state index >= 15 is 0 Å². The molecular formula is C25H32O3. The number of carbonyl (C=O) groups is 1. The summed E-state index contributed by atoms with van der Waals surface area (Å²) in [5, 5.41) is 10.2. The number of carbonyl (C=O) groups excluding carboxylic acids is 1. The topological polar surface area (TPSA) is 50.4 Å². The Balaban J connectivity index is 1.48. The molecule has 1 heterocycles. The number of aryl methyl sites for hydroxylation is 1. The molecule has 5 rings (SSSR count). The van der Waals surface area contributed by atoms with E-state index in [1.807, 2.05) is 25.1 Å². The smallest absolute Gasteiger partial charge is 0.165 e. The zero-order chi connectivity index (χ0) is 19.7. The van der Waals surface area contributed by atoms with Crippen molar-refractivity contribution in [2.24, 2.45) is 28.6 Å². The molecule has 4 aliphatic rings. The van der Waals surface area contributed by atoms with Crippen LogP contribution in [0.2, 0.25) is 0 Å². The van der Waals surface area contributed by atoms with E-state index < -0.39 is 0 Å². The van der Waals surface area contributed by atoms with Gasteiger partial charge >= 0.3 is 0 Å². The number of ketones is 1. The Morgan fingerprint density at radius 1 is 1.11 bits per heavy atom. The van der Waals surface area contributed by atoms with Crippen LogP contribution in [0, 0.1) is 35.5 Å². The molecule has 6 atom stereocenters. The Hall–Kier alpha value is -1.61. The average molecular weight is 381 g/mol. The summed E-state index contributed by atoms with van der Waals surface area (Å²) in [6.07, 6.45) is 11.2. The summed E-state index contributed by atoms with van der Waals surface area (Å²) >= 11 is 0. The normalized spacial score (nSPS) is 44.1. The first-order valence-electron chi connectivity index (χ1n) is 11.0. The summed E-state index contributed by atoms with van der Waals surface area (Å²) in [6, 6.07) is 3.93. The first-order valence-corrected chi connectivity index (χ1v) is 11.0. The van der Waals surface area contributed by atoms with Crippen LogP contribution in [0.15, 0.2) is 33.8 Å². The van der Waals surface area contributed by atoms with Crippen LogP contribution < -0.4 is 0 Å². The molecule has 0 aromatic carbocycles. The molecule has 0 bridgehead atoms. The highest BCUT2D eigenvalue weighted by molar-refractivity contribution is 6.05. The van der Waals surface area contributed by atoms with Gasteiger partial charge in [-0.1, -0.05) is 25.5 Å². The van der Waals surface area contributed by atoms with Gasteiger partial charge in [-0.2, -0.15) is 0 Å². The second-order valence-corrected chi connectivity index (χ2v) is 10.3. The summed E-state index contributed by atoms with van der Waals surface area (Å²) in [4.78, 5) is 13.4. The zero-order valence-electron chi connectivity index (χ0n) is 17.3. The van der Waals surface area contributed by atoms with Crippen molar-refractivity contribution in [1.29, 1.82) is 0 Å². The number of aliphatic hydroxyl groups is 1. The maximum Gasteiger partial charge on any atom is 0.165 e. The summed E-state index contributed by atoms with van der Waals surface area (Å²) < 4.78 is 5.72. The first kappa shape index (κ1) is 18.4. The van der Waals surface area contributed by atoms with Gasteiger partial charge in [-0.15, -0.1) is 0 Å². The van der Waals surface area contributed by atoms with E-state index in [-0.39, 0.29) is 16.9 Å². The molecule has 0 aliphatic heterocycles. The fourth-order valence-corrected chi connectivity index (χ4v) is 7.14. The molecule has 4 aliphatic carbocycles. The number of hydrogen-bond acceptors (Lipinski definition) is 3. The van der Waals surface area contributed by atoms with E-state index in [9.17, 15) is 9.90 Å². The van der Waals surface area contributed by atoms with Crippen LogP contribution in [0.1, 0.15) is 70.3 Å². The second-order valence-electron chi connectivity index (χ2n) is 10.3. The minimum Gasteiger partial charge on any atom is -0.462 e. The average Bonchev–Trinajstić information content (AvgIpc) is 3.18. The molecule has 150 valence electrons. The van der Waals surface area contributed by atoms with E-state index in [0.29, 0.717) is 23.5 Å². The van der Waals surface area contributed by atoms with Crippen LogP contribution in [-0.2, 0) is 4.79 Å². The van der Waals surface area contributed by atoms with Crippen LogP contribution in [0.4, 0.5) is 0 Å². The van der Waals surface area contributed by atoms with E-state index in [4.69, 9.17) is 4.42 Å². The van der Waals surface area contributed by atoms with E-state index in [2.05, 4.69) is 19.9 Å². The van der Waals surface area contributed by atoms with Crippen LogP contribution in [0.25, 0.3) is 6.08 Å². The van der Waals surface area contributed by atoms with Gasteiger partial charge in [0, 0.05) is 5.41 Å².